The van der Waals surface area contributed by atoms with Crippen molar-refractivity contribution in [2.75, 3.05) is 0 Å². The van der Waals surface area contributed by atoms with Gasteiger partial charge in [-0.1, -0.05) is 70.4 Å². The lowest BCUT2D eigenvalue weighted by atomic mass is 9.64. The van der Waals surface area contributed by atoms with E-state index in [0.717, 1.165) is 30.6 Å². The molecule has 0 aromatic heterocycles. The highest BCUT2D eigenvalue weighted by molar-refractivity contribution is 5.13. The highest BCUT2D eigenvalue weighted by Crippen LogP contribution is 2.46. The van der Waals surface area contributed by atoms with E-state index in [0.29, 0.717) is 0 Å². The molecule has 0 aliphatic heterocycles. The lowest BCUT2D eigenvalue weighted by Gasteiger charge is -2.39. The maximum absolute atomic E-state index is 9.54. The summed E-state index contributed by atoms with van der Waals surface area (Å²) in [4.78, 5) is 0. The molecule has 2 aliphatic rings. The van der Waals surface area contributed by atoms with E-state index in [1.807, 2.05) is 0 Å². The molecule has 0 unspecified atom stereocenters. The van der Waals surface area contributed by atoms with Gasteiger partial charge in [-0.15, -0.1) is 0 Å². The van der Waals surface area contributed by atoms with Gasteiger partial charge >= 0.3 is 0 Å². The summed E-state index contributed by atoms with van der Waals surface area (Å²) in [6.45, 7) is 4.35. The summed E-state index contributed by atoms with van der Waals surface area (Å²) in [5.41, 5.74) is -0.138. The van der Waals surface area contributed by atoms with Gasteiger partial charge < -0.3 is 0 Å². The minimum Gasteiger partial charge on any atom is -0.197 e. The molecule has 2 fully saturated rings. The van der Waals surface area contributed by atoms with Crippen LogP contribution < -0.4 is 0 Å². The maximum Gasteiger partial charge on any atom is 0.0753 e. The highest BCUT2D eigenvalue weighted by atomic mass is 14.4. The van der Waals surface area contributed by atoms with Crippen molar-refractivity contribution >= 4 is 0 Å². The average molecular weight is 330 g/mol. The molecule has 0 amide bonds. The number of hydrogen-bond donors (Lipinski definition) is 0. The van der Waals surface area contributed by atoms with Gasteiger partial charge in [-0.05, 0) is 63.2 Å². The van der Waals surface area contributed by atoms with Crippen LogP contribution in [0.3, 0.4) is 0 Å². The molecule has 24 heavy (non-hydrogen) atoms. The van der Waals surface area contributed by atoms with Crippen LogP contribution in [-0.4, -0.2) is 0 Å². The second kappa shape index (κ2) is 10.3. The molecule has 0 radical (unpaired) electrons. The first-order chi connectivity index (χ1) is 11.7. The monoisotopic (exact) mass is 329 g/mol. The van der Waals surface area contributed by atoms with E-state index < -0.39 is 0 Å². The van der Waals surface area contributed by atoms with Crippen LogP contribution in [0.15, 0.2) is 12.2 Å². The summed E-state index contributed by atoms with van der Waals surface area (Å²) in [7, 11) is 0. The van der Waals surface area contributed by atoms with Crippen molar-refractivity contribution in [2.24, 2.45) is 23.2 Å². The number of allylic oxidation sites excluding steroid dienone is 2. The Morgan fingerprint density at radius 3 is 2.12 bits per heavy atom. The molecule has 1 nitrogen and oxygen atoms in total. The standard InChI is InChI=1S/C23H39N/c1-3-5-6-7-8-9-20-10-12-21(13-11-20)22-14-17-23(19-24,16-4-2)18-15-22/h4,16,20-22H,3,5-15,17-18H2,1-2H3/t20?,21?,22-,23+. The Kier molecular flexibility index (Phi) is 8.37. The van der Waals surface area contributed by atoms with Gasteiger partial charge in [-0.3, -0.25) is 0 Å². The maximum atomic E-state index is 9.54. The Balaban J connectivity index is 1.66. The van der Waals surface area contributed by atoms with E-state index in [2.05, 4.69) is 32.1 Å². The van der Waals surface area contributed by atoms with Crippen molar-refractivity contribution in [3.05, 3.63) is 12.2 Å². The molecule has 2 saturated carbocycles. The topological polar surface area (TPSA) is 23.8 Å². The number of nitrogens with zero attached hydrogens (tertiary/aromatic N) is 1. The SMILES string of the molecule is CC=C[C@]1(C#N)CC[C@@H](C2CCC(CCCCCCC)CC2)CC1. The molecule has 0 spiro atoms. The number of rotatable bonds is 8. The molecule has 0 N–H and O–H groups in total. The normalized spacial score (nSPS) is 34.3. The van der Waals surface area contributed by atoms with Gasteiger partial charge in [0.25, 0.3) is 0 Å². The van der Waals surface area contributed by atoms with Crippen LogP contribution >= 0.6 is 0 Å². The first kappa shape index (κ1) is 19.6. The Hall–Kier alpha value is -0.770. The zero-order chi connectivity index (χ0) is 17.3. The molecule has 2 rings (SSSR count). The van der Waals surface area contributed by atoms with Crippen molar-refractivity contribution in [3.8, 4) is 6.07 Å². The van der Waals surface area contributed by atoms with Crippen molar-refractivity contribution in [1.29, 1.82) is 5.26 Å². The van der Waals surface area contributed by atoms with Crippen molar-refractivity contribution in [1.82, 2.24) is 0 Å². The lowest BCUT2D eigenvalue weighted by molar-refractivity contribution is 0.136. The van der Waals surface area contributed by atoms with Crippen LogP contribution in [0.5, 0.6) is 0 Å². The molecule has 1 heteroatoms. The summed E-state index contributed by atoms with van der Waals surface area (Å²) in [6.07, 6.45) is 23.5. The van der Waals surface area contributed by atoms with Gasteiger partial charge in [0.05, 0.1) is 11.5 Å². The number of hydrogen-bond acceptors (Lipinski definition) is 1. The number of unbranched alkanes of at least 4 members (excludes halogenated alkanes) is 4. The summed E-state index contributed by atoms with van der Waals surface area (Å²) >= 11 is 0. The van der Waals surface area contributed by atoms with Crippen LogP contribution in [0.4, 0.5) is 0 Å². The van der Waals surface area contributed by atoms with Crippen molar-refractivity contribution in [3.63, 3.8) is 0 Å². The van der Waals surface area contributed by atoms with Crippen molar-refractivity contribution in [2.45, 2.75) is 104 Å². The quantitative estimate of drug-likeness (QED) is 0.335. The molecule has 2 aliphatic carbocycles. The van der Waals surface area contributed by atoms with Gasteiger partial charge in [0.2, 0.25) is 0 Å². The second-order valence-electron chi connectivity index (χ2n) is 8.59. The van der Waals surface area contributed by atoms with E-state index in [-0.39, 0.29) is 5.41 Å². The molecule has 0 bridgehead atoms. The molecular formula is C23H39N. The Bertz CT molecular complexity index is 400. The Morgan fingerprint density at radius 2 is 1.54 bits per heavy atom. The van der Waals surface area contributed by atoms with Crippen molar-refractivity contribution < 1.29 is 0 Å². The van der Waals surface area contributed by atoms with E-state index in [4.69, 9.17) is 0 Å². The smallest absolute Gasteiger partial charge is 0.0753 e. The van der Waals surface area contributed by atoms with Gasteiger partial charge in [0.1, 0.15) is 0 Å². The predicted molar refractivity (Wildman–Crippen MR) is 104 cm³/mol. The summed E-state index contributed by atoms with van der Waals surface area (Å²) in [6, 6.07) is 2.60. The number of nitriles is 1. The molecule has 136 valence electrons. The first-order valence-electron chi connectivity index (χ1n) is 10.8. The largest absolute Gasteiger partial charge is 0.197 e. The molecule has 0 saturated heterocycles. The van der Waals surface area contributed by atoms with Gasteiger partial charge in [-0.25, -0.2) is 0 Å². The van der Waals surface area contributed by atoms with Crippen LogP contribution in [0, 0.1) is 34.5 Å². The molecule has 0 aromatic carbocycles. The summed E-state index contributed by atoms with van der Waals surface area (Å²) in [5, 5.41) is 9.54. The third-order valence-corrected chi connectivity index (χ3v) is 6.90. The lowest BCUT2D eigenvalue weighted by Crippen LogP contribution is -2.30. The van der Waals surface area contributed by atoms with Gasteiger partial charge in [0, 0.05) is 0 Å². The van der Waals surface area contributed by atoms with E-state index in [1.165, 1.54) is 77.0 Å². The zero-order valence-electron chi connectivity index (χ0n) is 16.2. The van der Waals surface area contributed by atoms with E-state index in [1.54, 1.807) is 0 Å². The van der Waals surface area contributed by atoms with Crippen LogP contribution in [0.25, 0.3) is 0 Å². The van der Waals surface area contributed by atoms with Gasteiger partial charge in [-0.2, -0.15) is 5.26 Å². The first-order valence-corrected chi connectivity index (χ1v) is 10.8. The molecular weight excluding hydrogens is 290 g/mol. The second-order valence-corrected chi connectivity index (χ2v) is 8.59. The minimum absolute atomic E-state index is 0.138. The van der Waals surface area contributed by atoms with Crippen LogP contribution in [-0.2, 0) is 0 Å². The van der Waals surface area contributed by atoms with Gasteiger partial charge in [0.15, 0.2) is 0 Å². The fourth-order valence-electron chi connectivity index (χ4n) is 5.25. The molecule has 0 heterocycles. The van der Waals surface area contributed by atoms with Crippen LogP contribution in [0.1, 0.15) is 104 Å². The Labute approximate surface area is 150 Å². The highest BCUT2D eigenvalue weighted by Gasteiger charge is 2.36. The fraction of sp³-hybridized carbons (Fsp3) is 0.870. The van der Waals surface area contributed by atoms with E-state index >= 15 is 0 Å². The molecule has 0 atom stereocenters. The zero-order valence-corrected chi connectivity index (χ0v) is 16.2. The average Bonchev–Trinajstić information content (AvgIpc) is 2.63. The minimum atomic E-state index is -0.138. The summed E-state index contributed by atoms with van der Waals surface area (Å²) < 4.78 is 0. The third-order valence-electron chi connectivity index (χ3n) is 6.90. The van der Waals surface area contributed by atoms with E-state index in [9.17, 15) is 5.26 Å². The predicted octanol–water partition coefficient (Wildman–Crippen LogP) is 7.43. The fourth-order valence-corrected chi connectivity index (χ4v) is 5.25. The summed E-state index contributed by atoms with van der Waals surface area (Å²) in [5.74, 6) is 2.89. The molecule has 0 aromatic rings. The third kappa shape index (κ3) is 5.65. The van der Waals surface area contributed by atoms with Crippen LogP contribution in [0.2, 0.25) is 0 Å². The Morgan fingerprint density at radius 1 is 0.917 bits per heavy atom.